The second-order valence-corrected chi connectivity index (χ2v) is 17.6. The SMILES string of the molecule is CC1=NC2=CN(CS(=O)(=O)c3ccc(O)c(O)c3)NN2C(SCC2=C(C(=O)O)N3C(=O)[C@@H](NC(=O)/C(=N\OCc4ccc(O)c(O)c4F)c4csc(N)n4)[C@H]3SC2)=C1. The van der Waals surface area contributed by atoms with Crippen LogP contribution in [0.25, 0.3) is 0 Å². The van der Waals surface area contributed by atoms with Gasteiger partial charge in [0.05, 0.1) is 16.1 Å². The van der Waals surface area contributed by atoms with Crippen LogP contribution in [0.5, 0.6) is 23.0 Å². The number of amides is 2. The summed E-state index contributed by atoms with van der Waals surface area (Å²) in [6, 6.07) is 4.16. The number of sulfone groups is 1. The average Bonchev–Trinajstić information content (AvgIpc) is 3.79. The molecular weight excluding hydrogens is 846 g/mol. The molecule has 25 heteroatoms. The Morgan fingerprint density at radius 2 is 1.93 bits per heavy atom. The average molecular weight is 876 g/mol. The fourth-order valence-corrected chi connectivity index (χ4v) is 10.2. The lowest BCUT2D eigenvalue weighted by Gasteiger charge is -2.49. The summed E-state index contributed by atoms with van der Waals surface area (Å²) in [7, 11) is -4.00. The molecule has 5 heterocycles. The number of nitrogens with zero attached hydrogens (tertiary/aromatic N) is 6. The second-order valence-electron chi connectivity index (χ2n) is 12.6. The number of aromatic nitrogens is 1. The third kappa shape index (κ3) is 7.80. The van der Waals surface area contributed by atoms with Gasteiger partial charge in [-0.25, -0.2) is 32.6 Å². The third-order valence-corrected chi connectivity index (χ3v) is 13.3. The number of aliphatic carboxylic acids is 1. The molecule has 3 aromatic rings. The molecule has 304 valence electrons. The summed E-state index contributed by atoms with van der Waals surface area (Å²) in [5.74, 6) is -6.89. The van der Waals surface area contributed by atoms with E-state index in [9.17, 15) is 52.7 Å². The molecule has 0 spiro atoms. The molecule has 0 saturated carbocycles. The zero-order valence-electron chi connectivity index (χ0n) is 29.6. The van der Waals surface area contributed by atoms with E-state index in [0.717, 1.165) is 46.6 Å². The van der Waals surface area contributed by atoms with Gasteiger partial charge in [0, 0.05) is 34.2 Å². The number of rotatable bonds is 13. The monoisotopic (exact) mass is 875 g/mol. The summed E-state index contributed by atoms with van der Waals surface area (Å²) in [5, 5.41) is 59.1. The Morgan fingerprint density at radius 3 is 2.64 bits per heavy atom. The van der Waals surface area contributed by atoms with Crippen molar-refractivity contribution in [3.05, 3.63) is 87.2 Å². The number of phenolic OH excluding ortho intramolecular Hbond substituents is 4. The molecule has 2 atom stereocenters. The van der Waals surface area contributed by atoms with E-state index in [2.05, 4.69) is 26.0 Å². The fourth-order valence-electron chi connectivity index (χ4n) is 5.87. The Balaban J connectivity index is 1.02. The number of hydrogen-bond donors (Lipinski definition) is 8. The number of carboxylic acids is 1. The van der Waals surface area contributed by atoms with Gasteiger partial charge >= 0.3 is 5.97 Å². The smallest absolute Gasteiger partial charge is 0.352 e. The molecule has 1 saturated heterocycles. The van der Waals surface area contributed by atoms with E-state index >= 15 is 0 Å². The highest BCUT2D eigenvalue weighted by Crippen LogP contribution is 2.42. The largest absolute Gasteiger partial charge is 0.504 e. The minimum atomic E-state index is -4.00. The van der Waals surface area contributed by atoms with Gasteiger partial charge in [0.1, 0.15) is 35.3 Å². The molecule has 9 N–H and O–H groups in total. The normalized spacial score (nSPS) is 19.2. The minimum absolute atomic E-state index is 0.0236. The van der Waals surface area contributed by atoms with Gasteiger partial charge in [-0.1, -0.05) is 5.16 Å². The first-order chi connectivity index (χ1) is 27.5. The molecule has 0 unspecified atom stereocenters. The first kappa shape index (κ1) is 40.2. The maximum absolute atomic E-state index is 14.4. The van der Waals surface area contributed by atoms with E-state index in [1.807, 2.05) is 0 Å². The van der Waals surface area contributed by atoms with Crippen molar-refractivity contribution >= 4 is 79.0 Å². The molecule has 0 aliphatic carbocycles. The number of carboxylic acid groups (broad SMARTS) is 1. The van der Waals surface area contributed by atoms with Crippen LogP contribution >= 0.6 is 34.9 Å². The molecule has 7 rings (SSSR count). The number of halogens is 1. The number of fused-ring (bicyclic) bond motifs is 2. The van der Waals surface area contributed by atoms with Crippen molar-refractivity contribution in [3.63, 3.8) is 0 Å². The van der Waals surface area contributed by atoms with Crippen molar-refractivity contribution in [1.82, 2.24) is 30.8 Å². The van der Waals surface area contributed by atoms with E-state index < -0.39 is 86.0 Å². The van der Waals surface area contributed by atoms with Crippen LogP contribution in [0.3, 0.4) is 0 Å². The maximum Gasteiger partial charge on any atom is 0.352 e. The number of thioether (sulfide) groups is 2. The highest BCUT2D eigenvalue weighted by Gasteiger charge is 2.54. The Bertz CT molecular complexity index is 2530. The van der Waals surface area contributed by atoms with Gasteiger partial charge in [0.2, 0.25) is 0 Å². The van der Waals surface area contributed by atoms with E-state index in [0.29, 0.717) is 22.1 Å². The van der Waals surface area contributed by atoms with Gasteiger partial charge in [-0.05, 0) is 42.8 Å². The number of benzene rings is 2. The van der Waals surface area contributed by atoms with Crippen molar-refractivity contribution in [2.75, 3.05) is 23.1 Å². The van der Waals surface area contributed by atoms with Gasteiger partial charge < -0.3 is 41.4 Å². The molecule has 20 nitrogen and oxygen atoms in total. The number of carbonyl (C=O) groups is 3. The predicted octanol–water partition coefficient (Wildman–Crippen LogP) is 1.66. The fraction of sp³-hybridized carbons (Fsp3) is 0.212. The van der Waals surface area contributed by atoms with Crippen LogP contribution in [-0.4, -0.2) is 112 Å². The van der Waals surface area contributed by atoms with Crippen LogP contribution in [0.1, 0.15) is 18.2 Å². The predicted molar refractivity (Wildman–Crippen MR) is 208 cm³/mol. The number of phenols is 4. The van der Waals surface area contributed by atoms with E-state index in [1.54, 1.807) is 13.0 Å². The lowest BCUT2D eigenvalue weighted by Crippen LogP contribution is -2.71. The van der Waals surface area contributed by atoms with Crippen molar-refractivity contribution in [2.45, 2.75) is 29.8 Å². The van der Waals surface area contributed by atoms with Crippen molar-refractivity contribution in [3.8, 4) is 23.0 Å². The van der Waals surface area contributed by atoms with Crippen molar-refractivity contribution < 1.29 is 57.6 Å². The highest BCUT2D eigenvalue weighted by atomic mass is 32.2. The molecule has 0 radical (unpaired) electrons. The number of aliphatic imine (C=N–C) groups is 1. The molecular formula is C33H30FN9O11S4. The number of nitrogens with one attached hydrogen (secondary N) is 2. The van der Waals surface area contributed by atoms with E-state index in [1.165, 1.54) is 45.1 Å². The number of aromatic hydroxyl groups is 4. The molecule has 4 aliphatic rings. The first-order valence-corrected chi connectivity index (χ1v) is 21.1. The van der Waals surface area contributed by atoms with Crippen LogP contribution in [-0.2, 0) is 35.7 Å². The quantitative estimate of drug-likeness (QED) is 0.0524. The topological polar surface area (TPSA) is 293 Å². The number of hydrogen-bond acceptors (Lipinski definition) is 20. The summed E-state index contributed by atoms with van der Waals surface area (Å²) < 4.78 is 40.5. The zero-order chi connectivity index (χ0) is 41.6. The lowest BCUT2D eigenvalue weighted by molar-refractivity contribution is -0.150. The molecule has 0 bridgehead atoms. The molecule has 58 heavy (non-hydrogen) atoms. The Labute approximate surface area is 339 Å². The number of oxime groups is 1. The van der Waals surface area contributed by atoms with Crippen molar-refractivity contribution in [2.24, 2.45) is 10.1 Å². The zero-order valence-corrected chi connectivity index (χ0v) is 32.8. The van der Waals surface area contributed by atoms with Crippen LogP contribution in [0.2, 0.25) is 0 Å². The lowest BCUT2D eigenvalue weighted by atomic mass is 10.0. The Kier molecular flexibility index (Phi) is 10.9. The minimum Gasteiger partial charge on any atom is -0.504 e. The van der Waals surface area contributed by atoms with Crippen LogP contribution in [0.15, 0.2) is 85.2 Å². The Morgan fingerprint density at radius 1 is 1.17 bits per heavy atom. The Hall–Kier alpha value is -6.02. The maximum atomic E-state index is 14.4. The summed E-state index contributed by atoms with van der Waals surface area (Å²) in [5.41, 5.74) is 8.75. The molecule has 1 fully saturated rings. The van der Waals surface area contributed by atoms with Crippen LogP contribution in [0, 0.1) is 5.82 Å². The third-order valence-electron chi connectivity index (χ3n) is 8.65. The summed E-state index contributed by atoms with van der Waals surface area (Å²) in [4.78, 5) is 54.2. The number of nitrogen functional groups attached to an aromatic ring is 1. The number of allylic oxidation sites excluding steroid dienone is 1. The number of nitrogens with two attached hydrogens (primary N) is 1. The number of hydrazine groups is 2. The standard InChI is InChI=1S/C33H30FN9O11S4/c1-14-6-23(43-22(36-14)8-41(40-43)13-58(52,53)17-3-5-19(44)21(46)7-17)55-10-16-11-56-31-26(30(49)42(31)27(16)32(50)51)38-29(48)25(18-12-57-33(35)37-18)39-54-9-15-2-4-20(45)28(47)24(15)34/h2-8,12,26,31,40,44-47H,9-11,13H2,1H3,(H2,35,37)(H,38,48)(H,50,51)/b39-25-/t26-,31-/m1/s1. The summed E-state index contributed by atoms with van der Waals surface area (Å²) >= 11 is 3.40. The van der Waals surface area contributed by atoms with Crippen molar-refractivity contribution in [1.29, 1.82) is 0 Å². The van der Waals surface area contributed by atoms with Gasteiger partial charge in [-0.3, -0.25) is 19.5 Å². The molecule has 4 aliphatic heterocycles. The number of β-lactam (4-membered cyclic amide) rings is 1. The number of anilines is 1. The molecule has 1 aromatic heterocycles. The van der Waals surface area contributed by atoms with Gasteiger partial charge in [-0.15, -0.1) is 40.4 Å². The van der Waals surface area contributed by atoms with Gasteiger partial charge in [0.15, 0.2) is 55.3 Å². The van der Waals surface area contributed by atoms with Gasteiger partial charge in [0.25, 0.3) is 11.8 Å². The summed E-state index contributed by atoms with van der Waals surface area (Å²) in [6.45, 7) is 1.15. The highest BCUT2D eigenvalue weighted by molar-refractivity contribution is 8.03. The van der Waals surface area contributed by atoms with E-state index in [4.69, 9.17) is 10.6 Å². The molecule has 2 aromatic carbocycles. The number of carbonyl (C=O) groups excluding carboxylic acids is 2. The molecule has 2 amide bonds. The number of thiazole rings is 1. The van der Waals surface area contributed by atoms with E-state index in [-0.39, 0.29) is 38.5 Å². The second kappa shape index (κ2) is 15.7. The van der Waals surface area contributed by atoms with Crippen LogP contribution < -0.4 is 16.6 Å². The summed E-state index contributed by atoms with van der Waals surface area (Å²) in [6.07, 6.45) is 3.16. The van der Waals surface area contributed by atoms with Crippen LogP contribution in [0.4, 0.5) is 9.52 Å². The first-order valence-electron chi connectivity index (χ1n) is 16.5. The van der Waals surface area contributed by atoms with Gasteiger partial charge in [-0.2, -0.15) is 0 Å².